The van der Waals surface area contributed by atoms with Crippen molar-refractivity contribution in [3.63, 3.8) is 0 Å². The number of aliphatic hydroxyl groups is 1. The molecule has 0 aliphatic carbocycles. The standard InChI is InChI=1S/C22H34N4O6S2/c1-33-10-8-15(23)19(28)24-16(9-11-34-2)20(29)25-17(12-14-6-4-3-5-7-14)21(30)26-18(13-27)22(31)32/h3-7,15-18,27H,8-13,23H2,1-2H3,(H,24,28)(H,25,29)(H,26,30)(H,31,32). The number of thioether (sulfide) groups is 2. The molecule has 0 heterocycles. The van der Waals surface area contributed by atoms with E-state index in [1.807, 2.05) is 12.5 Å². The predicted molar refractivity (Wildman–Crippen MR) is 135 cm³/mol. The number of nitrogens with two attached hydrogens (primary N) is 1. The number of rotatable bonds is 16. The Bertz CT molecular complexity index is 799. The van der Waals surface area contributed by atoms with Crippen molar-refractivity contribution in [1.29, 1.82) is 0 Å². The van der Waals surface area contributed by atoms with Gasteiger partial charge in [0, 0.05) is 6.42 Å². The Kier molecular flexibility index (Phi) is 14.3. The van der Waals surface area contributed by atoms with Crippen LogP contribution >= 0.6 is 23.5 Å². The second kappa shape index (κ2) is 16.4. The van der Waals surface area contributed by atoms with Crippen molar-refractivity contribution in [1.82, 2.24) is 16.0 Å². The zero-order chi connectivity index (χ0) is 25.5. The number of aliphatic carboxylic acids is 1. The lowest BCUT2D eigenvalue weighted by Gasteiger charge is -2.25. The molecule has 190 valence electrons. The van der Waals surface area contributed by atoms with Crippen LogP contribution in [0.5, 0.6) is 0 Å². The Hall–Kier alpha value is -2.28. The Morgan fingerprint density at radius 2 is 1.38 bits per heavy atom. The summed E-state index contributed by atoms with van der Waals surface area (Å²) in [6.45, 7) is -0.798. The summed E-state index contributed by atoms with van der Waals surface area (Å²) < 4.78 is 0. The normalized spacial score (nSPS) is 14.4. The quantitative estimate of drug-likeness (QED) is 0.172. The lowest BCUT2D eigenvalue weighted by atomic mass is 10.0. The van der Waals surface area contributed by atoms with E-state index in [1.165, 1.54) is 11.8 Å². The van der Waals surface area contributed by atoms with Gasteiger partial charge in [0.2, 0.25) is 17.7 Å². The monoisotopic (exact) mass is 514 g/mol. The second-order valence-electron chi connectivity index (χ2n) is 7.56. The molecule has 1 rings (SSSR count). The average molecular weight is 515 g/mol. The zero-order valence-electron chi connectivity index (χ0n) is 19.4. The van der Waals surface area contributed by atoms with Crippen LogP contribution in [-0.2, 0) is 25.6 Å². The van der Waals surface area contributed by atoms with E-state index >= 15 is 0 Å². The van der Waals surface area contributed by atoms with Crippen molar-refractivity contribution in [2.75, 3.05) is 30.6 Å². The van der Waals surface area contributed by atoms with Gasteiger partial charge in [-0.15, -0.1) is 0 Å². The highest BCUT2D eigenvalue weighted by molar-refractivity contribution is 7.98. The smallest absolute Gasteiger partial charge is 0.328 e. The van der Waals surface area contributed by atoms with Gasteiger partial charge in [0.1, 0.15) is 18.1 Å². The summed E-state index contributed by atoms with van der Waals surface area (Å²) >= 11 is 3.06. The number of carbonyl (C=O) groups excluding carboxylic acids is 3. The second-order valence-corrected chi connectivity index (χ2v) is 9.53. The minimum atomic E-state index is -1.51. The van der Waals surface area contributed by atoms with Gasteiger partial charge in [-0.1, -0.05) is 30.3 Å². The number of hydrogen-bond acceptors (Lipinski definition) is 8. The number of aliphatic hydroxyl groups excluding tert-OH is 1. The summed E-state index contributed by atoms with van der Waals surface area (Å²) in [5.74, 6) is -1.91. The first kappa shape index (κ1) is 29.8. The first-order valence-electron chi connectivity index (χ1n) is 10.8. The van der Waals surface area contributed by atoms with Crippen molar-refractivity contribution in [2.24, 2.45) is 5.73 Å². The Labute approximate surface area is 208 Å². The molecule has 0 spiro atoms. The highest BCUT2D eigenvalue weighted by Crippen LogP contribution is 2.07. The topological polar surface area (TPSA) is 171 Å². The number of hydrogen-bond donors (Lipinski definition) is 6. The van der Waals surface area contributed by atoms with E-state index in [1.54, 1.807) is 42.1 Å². The number of carbonyl (C=O) groups is 4. The molecule has 0 fully saturated rings. The maximum atomic E-state index is 13.1. The number of amides is 3. The predicted octanol–water partition coefficient (Wildman–Crippen LogP) is -0.406. The number of benzene rings is 1. The minimum absolute atomic E-state index is 0.0899. The highest BCUT2D eigenvalue weighted by Gasteiger charge is 2.30. The molecule has 4 atom stereocenters. The van der Waals surface area contributed by atoms with Crippen LogP contribution in [0.4, 0.5) is 0 Å². The molecule has 10 nitrogen and oxygen atoms in total. The molecule has 0 saturated carbocycles. The SMILES string of the molecule is CSCCC(N)C(=O)NC(CCSC)C(=O)NC(Cc1ccccc1)C(=O)NC(CO)C(=O)O. The van der Waals surface area contributed by atoms with Gasteiger partial charge in [-0.05, 0) is 42.4 Å². The largest absolute Gasteiger partial charge is 0.480 e. The van der Waals surface area contributed by atoms with Crippen molar-refractivity contribution in [3.05, 3.63) is 35.9 Å². The number of carboxylic acids is 1. The summed E-state index contributed by atoms with van der Waals surface area (Å²) in [6, 6.07) is 4.58. The lowest BCUT2D eigenvalue weighted by molar-refractivity contribution is -0.143. The van der Waals surface area contributed by atoms with Crippen LogP contribution < -0.4 is 21.7 Å². The molecule has 0 aromatic heterocycles. The fourth-order valence-corrected chi connectivity index (χ4v) is 3.91. The van der Waals surface area contributed by atoms with E-state index in [0.29, 0.717) is 24.3 Å². The first-order chi connectivity index (χ1) is 16.2. The van der Waals surface area contributed by atoms with Gasteiger partial charge >= 0.3 is 5.97 Å². The van der Waals surface area contributed by atoms with Gasteiger partial charge in [-0.2, -0.15) is 23.5 Å². The Morgan fingerprint density at radius 1 is 0.853 bits per heavy atom. The maximum Gasteiger partial charge on any atom is 0.328 e. The summed E-state index contributed by atoms with van der Waals surface area (Å²) in [4.78, 5) is 49.6. The molecule has 0 saturated heterocycles. The van der Waals surface area contributed by atoms with Crippen LogP contribution in [0, 0.1) is 0 Å². The molecule has 7 N–H and O–H groups in total. The molecule has 34 heavy (non-hydrogen) atoms. The molecule has 0 radical (unpaired) electrons. The molecule has 3 amide bonds. The summed E-state index contributed by atoms with van der Waals surface area (Å²) in [7, 11) is 0. The average Bonchev–Trinajstić information content (AvgIpc) is 2.82. The van der Waals surface area contributed by atoms with Crippen molar-refractivity contribution < 1.29 is 29.4 Å². The van der Waals surface area contributed by atoms with Gasteiger partial charge < -0.3 is 31.9 Å². The van der Waals surface area contributed by atoms with E-state index in [9.17, 15) is 24.3 Å². The van der Waals surface area contributed by atoms with Crippen LogP contribution in [0.25, 0.3) is 0 Å². The molecule has 0 aliphatic rings. The lowest BCUT2D eigenvalue weighted by Crippen LogP contribution is -2.58. The Balaban J connectivity index is 3.02. The zero-order valence-corrected chi connectivity index (χ0v) is 21.0. The van der Waals surface area contributed by atoms with Gasteiger partial charge in [-0.25, -0.2) is 4.79 Å². The number of carboxylic acid groups (broad SMARTS) is 1. The van der Waals surface area contributed by atoms with E-state index in [0.717, 1.165) is 5.56 Å². The van der Waals surface area contributed by atoms with Crippen LogP contribution in [0.15, 0.2) is 30.3 Å². The molecule has 4 unspecified atom stereocenters. The van der Waals surface area contributed by atoms with Crippen LogP contribution in [0.1, 0.15) is 18.4 Å². The van der Waals surface area contributed by atoms with E-state index in [-0.39, 0.29) is 6.42 Å². The van der Waals surface area contributed by atoms with Crippen molar-refractivity contribution >= 4 is 47.2 Å². The van der Waals surface area contributed by atoms with Gasteiger partial charge in [-0.3, -0.25) is 14.4 Å². The third kappa shape index (κ3) is 10.8. The molecular formula is C22H34N4O6S2. The Morgan fingerprint density at radius 3 is 1.94 bits per heavy atom. The molecule has 1 aromatic rings. The molecule has 0 bridgehead atoms. The first-order valence-corrected chi connectivity index (χ1v) is 13.5. The van der Waals surface area contributed by atoms with Gasteiger partial charge in [0.05, 0.1) is 12.6 Å². The minimum Gasteiger partial charge on any atom is -0.480 e. The van der Waals surface area contributed by atoms with Crippen molar-refractivity contribution in [3.8, 4) is 0 Å². The molecular weight excluding hydrogens is 480 g/mol. The molecule has 12 heteroatoms. The fourth-order valence-electron chi connectivity index (χ4n) is 2.95. The van der Waals surface area contributed by atoms with Crippen molar-refractivity contribution in [2.45, 2.75) is 43.4 Å². The fraction of sp³-hybridized carbons (Fsp3) is 0.545. The number of nitrogens with one attached hydrogen (secondary N) is 3. The third-order valence-electron chi connectivity index (χ3n) is 4.93. The third-order valence-corrected chi connectivity index (χ3v) is 6.21. The van der Waals surface area contributed by atoms with Gasteiger partial charge in [0.15, 0.2) is 0 Å². The summed E-state index contributed by atoms with van der Waals surface area (Å²) in [5.41, 5.74) is 6.66. The van der Waals surface area contributed by atoms with E-state index in [2.05, 4.69) is 16.0 Å². The van der Waals surface area contributed by atoms with Crippen LogP contribution in [-0.4, -0.2) is 88.7 Å². The summed E-state index contributed by atoms with van der Waals surface area (Å²) in [5, 5.41) is 25.9. The maximum absolute atomic E-state index is 13.1. The highest BCUT2D eigenvalue weighted by atomic mass is 32.2. The molecule has 1 aromatic carbocycles. The summed E-state index contributed by atoms with van der Waals surface area (Å²) in [6.07, 6.45) is 4.64. The van der Waals surface area contributed by atoms with E-state index < -0.39 is 54.5 Å². The van der Waals surface area contributed by atoms with Crippen LogP contribution in [0.2, 0.25) is 0 Å². The van der Waals surface area contributed by atoms with Gasteiger partial charge in [0.25, 0.3) is 0 Å². The van der Waals surface area contributed by atoms with Crippen LogP contribution in [0.3, 0.4) is 0 Å². The van der Waals surface area contributed by atoms with E-state index in [4.69, 9.17) is 10.8 Å². The molecule has 0 aliphatic heterocycles.